The Morgan fingerprint density at radius 3 is 1.95 bits per heavy atom. The maximum atomic E-state index is 12.9. The summed E-state index contributed by atoms with van der Waals surface area (Å²) in [6.45, 7) is 0. The number of rotatable bonds is 2. The highest BCUT2D eigenvalue weighted by Gasteiger charge is 2.59. The number of benzene rings is 1. The standard InChI is InChI=1S/C9H5ClF7NO/c10-3-1-6(5(18)2-4(3)11)19-7(8(12,13)14)9(15,16)17/h1-2,7H,18H2. The average Bonchev–Trinajstić information content (AvgIpc) is 2.17. The van der Waals surface area contributed by atoms with Gasteiger partial charge in [-0.1, -0.05) is 11.6 Å². The molecule has 0 spiro atoms. The number of halogens is 8. The van der Waals surface area contributed by atoms with E-state index in [-0.39, 0.29) is 0 Å². The summed E-state index contributed by atoms with van der Waals surface area (Å²) in [7, 11) is 0. The Balaban J connectivity index is 3.15. The molecule has 108 valence electrons. The molecule has 2 nitrogen and oxygen atoms in total. The molecule has 0 atom stereocenters. The number of ether oxygens (including phenoxy) is 1. The van der Waals surface area contributed by atoms with E-state index in [1.54, 1.807) is 0 Å². The van der Waals surface area contributed by atoms with Crippen molar-refractivity contribution in [3.05, 3.63) is 23.0 Å². The Kier molecular flexibility index (Phi) is 4.08. The molecule has 10 heteroatoms. The van der Waals surface area contributed by atoms with Crippen LogP contribution in [0, 0.1) is 5.82 Å². The van der Waals surface area contributed by atoms with Crippen LogP contribution in [0.2, 0.25) is 5.02 Å². The Morgan fingerprint density at radius 1 is 1.05 bits per heavy atom. The van der Waals surface area contributed by atoms with Crippen molar-refractivity contribution in [2.75, 3.05) is 5.73 Å². The highest BCUT2D eigenvalue weighted by atomic mass is 35.5. The van der Waals surface area contributed by atoms with Gasteiger partial charge in [0.25, 0.3) is 6.10 Å². The molecule has 0 aliphatic rings. The largest absolute Gasteiger partial charge is 0.469 e. The van der Waals surface area contributed by atoms with E-state index in [1.807, 2.05) is 0 Å². The van der Waals surface area contributed by atoms with Crippen molar-refractivity contribution in [3.63, 3.8) is 0 Å². The van der Waals surface area contributed by atoms with E-state index in [9.17, 15) is 30.7 Å². The van der Waals surface area contributed by atoms with Crippen molar-refractivity contribution in [1.82, 2.24) is 0 Å². The summed E-state index contributed by atoms with van der Waals surface area (Å²) in [6, 6.07) is 0.901. The van der Waals surface area contributed by atoms with Crippen LogP contribution >= 0.6 is 11.6 Å². The van der Waals surface area contributed by atoms with Gasteiger partial charge in [0.05, 0.1) is 10.7 Å². The van der Waals surface area contributed by atoms with Gasteiger partial charge in [-0.2, -0.15) is 26.3 Å². The second-order valence-corrected chi connectivity index (χ2v) is 3.79. The first kappa shape index (κ1) is 15.7. The number of hydrogen-bond acceptors (Lipinski definition) is 2. The van der Waals surface area contributed by atoms with Crippen LogP contribution in [0.25, 0.3) is 0 Å². The lowest BCUT2D eigenvalue weighted by Gasteiger charge is -2.24. The van der Waals surface area contributed by atoms with E-state index < -0.39 is 40.7 Å². The molecule has 0 bridgehead atoms. The van der Waals surface area contributed by atoms with Gasteiger partial charge in [-0.25, -0.2) is 4.39 Å². The summed E-state index contributed by atoms with van der Waals surface area (Å²) in [6.07, 6.45) is -15.5. The van der Waals surface area contributed by atoms with Crippen LogP contribution in [0.5, 0.6) is 5.75 Å². The Hall–Kier alpha value is -1.38. The minimum atomic E-state index is -5.70. The van der Waals surface area contributed by atoms with Crippen LogP contribution in [0.15, 0.2) is 12.1 Å². The normalized spacial score (nSPS) is 12.9. The topological polar surface area (TPSA) is 35.2 Å². The van der Waals surface area contributed by atoms with Gasteiger partial charge in [-0.3, -0.25) is 0 Å². The van der Waals surface area contributed by atoms with Gasteiger partial charge in [-0.15, -0.1) is 0 Å². The Morgan fingerprint density at radius 2 is 1.53 bits per heavy atom. The molecule has 0 heterocycles. The van der Waals surface area contributed by atoms with Gasteiger partial charge in [0.1, 0.15) is 11.6 Å². The van der Waals surface area contributed by atoms with Gasteiger partial charge in [0.15, 0.2) is 0 Å². The van der Waals surface area contributed by atoms with Crippen molar-refractivity contribution in [3.8, 4) is 5.75 Å². The van der Waals surface area contributed by atoms with Crippen LogP contribution in [0.3, 0.4) is 0 Å². The van der Waals surface area contributed by atoms with Gasteiger partial charge < -0.3 is 10.5 Å². The predicted octanol–water partition coefficient (Wildman–Crippen LogP) is 3.93. The van der Waals surface area contributed by atoms with Crippen LogP contribution in [0.1, 0.15) is 0 Å². The molecule has 0 aromatic heterocycles. The number of alkyl halides is 6. The molecule has 1 rings (SSSR count). The molecule has 0 unspecified atom stereocenters. The van der Waals surface area contributed by atoms with E-state index in [0.29, 0.717) is 12.1 Å². The molecular formula is C9H5ClF7NO. The maximum absolute atomic E-state index is 12.9. The fourth-order valence-electron chi connectivity index (χ4n) is 1.09. The first-order chi connectivity index (χ1) is 8.43. The number of nitrogens with two attached hydrogens (primary N) is 1. The monoisotopic (exact) mass is 311 g/mol. The molecule has 1 aromatic rings. The zero-order valence-corrected chi connectivity index (χ0v) is 9.50. The summed E-state index contributed by atoms with van der Waals surface area (Å²) in [5.74, 6) is -2.10. The molecule has 0 aliphatic carbocycles. The first-order valence-electron chi connectivity index (χ1n) is 4.47. The van der Waals surface area contributed by atoms with Crippen molar-refractivity contribution >= 4 is 17.3 Å². The summed E-state index contributed by atoms with van der Waals surface area (Å²) in [5.41, 5.74) is 4.33. The highest BCUT2D eigenvalue weighted by molar-refractivity contribution is 6.31. The molecule has 1 aromatic carbocycles. The van der Waals surface area contributed by atoms with Crippen LogP contribution in [-0.2, 0) is 0 Å². The van der Waals surface area contributed by atoms with Gasteiger partial charge >= 0.3 is 12.4 Å². The second-order valence-electron chi connectivity index (χ2n) is 3.39. The third-order valence-corrected chi connectivity index (χ3v) is 2.18. The average molecular weight is 312 g/mol. The highest BCUT2D eigenvalue weighted by Crippen LogP contribution is 2.38. The van der Waals surface area contributed by atoms with Crippen LogP contribution in [-0.4, -0.2) is 18.5 Å². The zero-order chi connectivity index (χ0) is 15.0. The SMILES string of the molecule is Nc1cc(F)c(Cl)cc1OC(C(F)(F)F)C(F)(F)F. The third kappa shape index (κ3) is 3.79. The van der Waals surface area contributed by atoms with Gasteiger partial charge in [-0.05, 0) is 0 Å². The quantitative estimate of drug-likeness (QED) is 0.663. The van der Waals surface area contributed by atoms with Crippen molar-refractivity contribution in [1.29, 1.82) is 0 Å². The van der Waals surface area contributed by atoms with E-state index >= 15 is 0 Å². The van der Waals surface area contributed by atoms with E-state index in [4.69, 9.17) is 17.3 Å². The molecule has 0 radical (unpaired) electrons. The smallest absolute Gasteiger partial charge is 0.434 e. The van der Waals surface area contributed by atoms with E-state index in [0.717, 1.165) is 0 Å². The lowest BCUT2D eigenvalue weighted by molar-refractivity contribution is -0.299. The van der Waals surface area contributed by atoms with E-state index in [2.05, 4.69) is 4.74 Å². The molecular weight excluding hydrogens is 307 g/mol. The van der Waals surface area contributed by atoms with Crippen molar-refractivity contribution in [2.45, 2.75) is 18.5 Å². The van der Waals surface area contributed by atoms with E-state index in [1.165, 1.54) is 0 Å². The maximum Gasteiger partial charge on any atom is 0.434 e. The third-order valence-electron chi connectivity index (χ3n) is 1.89. The summed E-state index contributed by atoms with van der Waals surface area (Å²) >= 11 is 5.22. The fraction of sp³-hybridized carbons (Fsp3) is 0.333. The summed E-state index contributed by atoms with van der Waals surface area (Å²) in [4.78, 5) is 0. The number of hydrogen-bond donors (Lipinski definition) is 1. The molecule has 0 fully saturated rings. The molecule has 0 amide bonds. The predicted molar refractivity (Wildman–Crippen MR) is 52.3 cm³/mol. The molecule has 0 saturated carbocycles. The Labute approximate surface area is 106 Å². The summed E-state index contributed by atoms with van der Waals surface area (Å²) in [5, 5.41) is -0.715. The minimum Gasteiger partial charge on any atom is -0.469 e. The van der Waals surface area contributed by atoms with Crippen LogP contribution in [0.4, 0.5) is 36.4 Å². The number of anilines is 1. The number of nitrogen functional groups attached to an aromatic ring is 1. The second kappa shape index (κ2) is 4.95. The van der Waals surface area contributed by atoms with Gasteiger partial charge in [0, 0.05) is 12.1 Å². The lowest BCUT2D eigenvalue weighted by Crippen LogP contribution is -2.46. The fourth-order valence-corrected chi connectivity index (χ4v) is 1.25. The lowest BCUT2D eigenvalue weighted by atomic mass is 10.2. The Bertz CT molecular complexity index is 457. The van der Waals surface area contributed by atoms with Gasteiger partial charge in [0.2, 0.25) is 0 Å². The molecule has 0 aliphatic heterocycles. The molecule has 2 N–H and O–H groups in total. The summed E-state index contributed by atoms with van der Waals surface area (Å²) < 4.78 is 90.0. The van der Waals surface area contributed by atoms with Crippen LogP contribution < -0.4 is 10.5 Å². The first-order valence-corrected chi connectivity index (χ1v) is 4.85. The minimum absolute atomic E-state index is 0.441. The molecule has 0 saturated heterocycles. The van der Waals surface area contributed by atoms with Crippen molar-refractivity contribution < 1.29 is 35.5 Å². The zero-order valence-electron chi connectivity index (χ0n) is 8.74. The van der Waals surface area contributed by atoms with Crippen molar-refractivity contribution in [2.24, 2.45) is 0 Å². The molecule has 19 heavy (non-hydrogen) atoms.